The Morgan fingerprint density at radius 3 is 1.40 bits per heavy atom. The first kappa shape index (κ1) is 9.22. The van der Waals surface area contributed by atoms with E-state index in [1.165, 1.54) is 0 Å². The molecule has 24 valence electrons. The smallest absolute Gasteiger partial charge is 0.652 e. The first-order chi connectivity index (χ1) is 1.73. The van der Waals surface area contributed by atoms with Crippen LogP contribution in [0.25, 0.3) is 0 Å². The van der Waals surface area contributed by atoms with Gasteiger partial charge in [-0.2, -0.15) is 0 Å². The van der Waals surface area contributed by atoms with Crippen molar-refractivity contribution in [2.45, 2.75) is 0 Å². The molecule has 3 nitrogen and oxygen atoms in total. The molecule has 0 fully saturated rings. The van der Waals surface area contributed by atoms with Crippen LogP contribution in [0.1, 0.15) is 0 Å². The molecule has 0 aromatic rings. The van der Waals surface area contributed by atoms with E-state index in [0.717, 1.165) is 0 Å². The van der Waals surface area contributed by atoms with E-state index in [-0.39, 0.29) is 45.0 Å². The van der Waals surface area contributed by atoms with Gasteiger partial charge in [0.2, 0.25) is 0 Å². The predicted molar refractivity (Wildman–Crippen MR) is 5.40 cm³/mol. The standard InChI is InChI=1S/CH2O3.Ra/c2-1(3)4;/h(H2,2,3,4);/q;+2/p-2. The minimum atomic E-state index is -2.33. The first-order valence-corrected chi connectivity index (χ1v) is 0.612. The van der Waals surface area contributed by atoms with Crippen LogP contribution in [0.3, 0.4) is 0 Å². The Labute approximate surface area is 65.4 Å². The van der Waals surface area contributed by atoms with Gasteiger partial charge >= 0.3 is 45.0 Å². The minimum absolute atomic E-state index is 0. The number of hydrogen-bond acceptors (Lipinski definition) is 3. The molecule has 0 saturated heterocycles. The second kappa shape index (κ2) is 4.74. The molecule has 0 spiro atoms. The van der Waals surface area contributed by atoms with E-state index in [2.05, 4.69) is 0 Å². The monoisotopic (exact) mass is 286 g/mol. The van der Waals surface area contributed by atoms with Crippen LogP contribution in [0.15, 0.2) is 0 Å². The maximum absolute atomic E-state index is 8.33. The second-order valence-electron chi connectivity index (χ2n) is 0.250. The molecule has 0 unspecified atom stereocenters. The van der Waals surface area contributed by atoms with Crippen molar-refractivity contribution < 1.29 is 60.0 Å². The Balaban J connectivity index is 0. The third-order valence-electron chi connectivity index (χ3n) is 0. The zero-order valence-corrected chi connectivity index (χ0v) is 8.24. The van der Waals surface area contributed by atoms with Gasteiger partial charge in [-0.15, -0.1) is 0 Å². The molecule has 0 aromatic carbocycles. The third kappa shape index (κ3) is 65.3. The van der Waals surface area contributed by atoms with Gasteiger partial charge in [0, 0.05) is 0 Å². The maximum Gasteiger partial charge on any atom is 2.00 e. The molecular formula is CO3Ra. The molecule has 0 aliphatic carbocycles. The summed E-state index contributed by atoms with van der Waals surface area (Å²) in [4.78, 5) is 8.33. The van der Waals surface area contributed by atoms with Gasteiger partial charge in [0.05, 0.1) is 0 Å². The van der Waals surface area contributed by atoms with Crippen LogP contribution in [-0.2, 0) is 0 Å². The van der Waals surface area contributed by atoms with Gasteiger partial charge in [-0.05, 0) is 6.16 Å². The molecule has 0 rings (SSSR count). The summed E-state index contributed by atoms with van der Waals surface area (Å²) in [5, 5.41) is 16.7. The number of carbonyl (C=O) groups excluding carboxylic acids is 1. The normalized spacial score (nSPS) is 4.80. The van der Waals surface area contributed by atoms with Crippen LogP contribution in [0.2, 0.25) is 0 Å². The van der Waals surface area contributed by atoms with E-state index in [1.807, 2.05) is 0 Å². The number of carbonyl (C=O) groups is 1. The Morgan fingerprint density at radius 1 is 1.40 bits per heavy atom. The van der Waals surface area contributed by atoms with Crippen molar-refractivity contribution in [2.24, 2.45) is 0 Å². The molecule has 4 heteroatoms. The molecule has 0 heterocycles. The summed E-state index contributed by atoms with van der Waals surface area (Å²) in [5.41, 5.74) is 0. The van der Waals surface area contributed by atoms with E-state index < -0.39 is 6.16 Å². The largest absolute Gasteiger partial charge is 2.00 e. The SMILES string of the molecule is O=C([O-])[O-].[Ra+2]. The Morgan fingerprint density at radius 2 is 1.40 bits per heavy atom. The third-order valence-corrected chi connectivity index (χ3v) is 0. The fraction of sp³-hybridized carbons (Fsp3) is 0. The van der Waals surface area contributed by atoms with Crippen molar-refractivity contribution in [1.82, 2.24) is 0 Å². The minimum Gasteiger partial charge on any atom is -0.652 e. The fourth-order valence-electron chi connectivity index (χ4n) is 0. The van der Waals surface area contributed by atoms with Crippen molar-refractivity contribution in [3.05, 3.63) is 0 Å². The summed E-state index contributed by atoms with van der Waals surface area (Å²) in [5.74, 6) is 0. The molecule has 0 amide bonds. The molecule has 5 heavy (non-hydrogen) atoms. The van der Waals surface area contributed by atoms with Crippen LogP contribution >= 0.6 is 0 Å². The Hall–Kier alpha value is 0.738. The summed E-state index contributed by atoms with van der Waals surface area (Å²) in [7, 11) is 0. The van der Waals surface area contributed by atoms with Gasteiger partial charge in [0.1, 0.15) is 0 Å². The van der Waals surface area contributed by atoms with Crippen molar-refractivity contribution in [2.75, 3.05) is 0 Å². The summed E-state index contributed by atoms with van der Waals surface area (Å²) in [6.07, 6.45) is -2.33. The van der Waals surface area contributed by atoms with Gasteiger partial charge in [0.25, 0.3) is 0 Å². The topological polar surface area (TPSA) is 63.2 Å². The van der Waals surface area contributed by atoms with Crippen molar-refractivity contribution in [1.29, 1.82) is 0 Å². The molecule has 0 bridgehead atoms. The zero-order valence-electron chi connectivity index (χ0n) is 2.43. The molecule has 0 saturated carbocycles. The van der Waals surface area contributed by atoms with Crippen molar-refractivity contribution in [3.8, 4) is 0 Å². The summed E-state index contributed by atoms with van der Waals surface area (Å²) in [6.45, 7) is 0. The van der Waals surface area contributed by atoms with Gasteiger partial charge in [-0.3, -0.25) is 0 Å². The van der Waals surface area contributed by atoms with Gasteiger partial charge in [-0.25, -0.2) is 0 Å². The van der Waals surface area contributed by atoms with Crippen LogP contribution in [0.4, 0.5) is 4.79 Å². The van der Waals surface area contributed by atoms with E-state index in [1.54, 1.807) is 0 Å². The Kier molecular flexibility index (Phi) is 8.73. The molecule has 0 radical (unpaired) electrons. The predicted octanol–water partition coefficient (Wildman–Crippen LogP) is -2.45. The average Bonchev–Trinajstić information content (AvgIpc) is 0.811. The van der Waals surface area contributed by atoms with Gasteiger partial charge in [0.15, 0.2) is 0 Å². The van der Waals surface area contributed by atoms with Crippen molar-refractivity contribution >= 4 is 6.16 Å². The van der Waals surface area contributed by atoms with Gasteiger partial charge in [-0.1, -0.05) is 0 Å². The van der Waals surface area contributed by atoms with Gasteiger partial charge < -0.3 is 15.0 Å². The number of carboxylic acid groups (broad SMARTS) is 2. The molecule has 0 aliphatic rings. The van der Waals surface area contributed by atoms with Crippen LogP contribution < -0.4 is 10.2 Å². The molecular weight excluding hydrogens is 286 g/mol. The van der Waals surface area contributed by atoms with E-state index in [0.29, 0.717) is 0 Å². The van der Waals surface area contributed by atoms with Crippen LogP contribution in [0.5, 0.6) is 0 Å². The maximum atomic E-state index is 8.33. The number of hydrogen-bond donors (Lipinski definition) is 0. The second-order valence-corrected chi connectivity index (χ2v) is 0.250. The Bertz CT molecular complexity index is 29.9. The molecule has 0 atom stereocenters. The first-order valence-electron chi connectivity index (χ1n) is 0.612. The summed E-state index contributed by atoms with van der Waals surface area (Å²) < 4.78 is 0. The quantitative estimate of drug-likeness (QED) is 0.497. The van der Waals surface area contributed by atoms with E-state index in [4.69, 9.17) is 15.0 Å². The fourth-order valence-corrected chi connectivity index (χ4v) is 0. The average molecular weight is 286 g/mol. The van der Waals surface area contributed by atoms with Crippen molar-refractivity contribution in [3.63, 3.8) is 0 Å². The number of rotatable bonds is 0. The van der Waals surface area contributed by atoms with E-state index >= 15 is 0 Å². The molecule has 0 aliphatic heterocycles. The zero-order chi connectivity index (χ0) is 3.58. The van der Waals surface area contributed by atoms with Crippen LogP contribution in [0, 0.1) is 45.0 Å². The molecule has 0 aromatic heterocycles. The summed E-state index contributed by atoms with van der Waals surface area (Å²) >= 11 is 0. The van der Waals surface area contributed by atoms with E-state index in [9.17, 15) is 0 Å². The van der Waals surface area contributed by atoms with Crippen LogP contribution in [-0.4, -0.2) is 6.16 Å². The molecule has 0 N–H and O–H groups in total. The summed E-state index contributed by atoms with van der Waals surface area (Å²) in [6, 6.07) is 0.